The van der Waals surface area contributed by atoms with Crippen LogP contribution in [0.25, 0.3) is 10.5 Å². The lowest BCUT2D eigenvalue weighted by molar-refractivity contribution is 0.693. The van der Waals surface area contributed by atoms with Gasteiger partial charge in [-0.3, -0.25) is 9.55 Å². The van der Waals surface area contributed by atoms with Gasteiger partial charge in [-0.15, -0.1) is 10.2 Å². The van der Waals surface area contributed by atoms with Crippen molar-refractivity contribution in [3.8, 4) is 5.69 Å². The third-order valence-corrected chi connectivity index (χ3v) is 4.85. The molecule has 0 fully saturated rings. The molecule has 0 amide bonds. The van der Waals surface area contributed by atoms with Crippen molar-refractivity contribution in [2.24, 2.45) is 0 Å². The van der Waals surface area contributed by atoms with Gasteiger partial charge in [0.25, 0.3) is 0 Å². The summed E-state index contributed by atoms with van der Waals surface area (Å²) >= 11 is 3.58. The Morgan fingerprint density at radius 1 is 1.20 bits per heavy atom. The van der Waals surface area contributed by atoms with Crippen LogP contribution in [-0.4, -0.2) is 26.3 Å². The highest BCUT2D eigenvalue weighted by Gasteiger charge is 2.28. The first-order valence-electron chi connectivity index (χ1n) is 7.91. The molecule has 0 N–H and O–H groups in total. The molecule has 2 aromatic heterocycles. The predicted octanol–water partition coefficient (Wildman–Crippen LogP) is 4.54. The number of nitrogens with zero attached hydrogens (tertiary/aromatic N) is 6. The molecule has 7 heteroatoms. The van der Waals surface area contributed by atoms with Gasteiger partial charge in [-0.25, -0.2) is 4.85 Å². The Labute approximate surface area is 154 Å². The van der Waals surface area contributed by atoms with Gasteiger partial charge in [0.05, 0.1) is 17.9 Å². The lowest BCUT2D eigenvalue weighted by Crippen LogP contribution is -2.22. The SMILES string of the molecule is [C-]#[N+]c1ccc(N2CC(C)c3nnc(C)n3-c3ccc(Br)cc32)nc1. The van der Waals surface area contributed by atoms with Gasteiger partial charge >= 0.3 is 0 Å². The normalized spacial score (nSPS) is 15.9. The van der Waals surface area contributed by atoms with E-state index in [1.54, 1.807) is 12.3 Å². The van der Waals surface area contributed by atoms with E-state index in [-0.39, 0.29) is 5.92 Å². The summed E-state index contributed by atoms with van der Waals surface area (Å²) in [4.78, 5) is 10.1. The fraction of sp³-hybridized carbons (Fsp3) is 0.222. The van der Waals surface area contributed by atoms with Gasteiger partial charge in [0.2, 0.25) is 5.69 Å². The molecule has 0 radical (unpaired) electrons. The molecular weight excluding hydrogens is 380 g/mol. The van der Waals surface area contributed by atoms with Crippen LogP contribution < -0.4 is 4.90 Å². The van der Waals surface area contributed by atoms with Crippen molar-refractivity contribution < 1.29 is 0 Å². The van der Waals surface area contributed by atoms with Crippen molar-refractivity contribution in [2.75, 3.05) is 11.4 Å². The molecular formula is C18H15BrN6. The maximum atomic E-state index is 7.11. The first kappa shape index (κ1) is 15.8. The zero-order valence-corrected chi connectivity index (χ0v) is 15.4. The maximum Gasteiger partial charge on any atom is 0.205 e. The standard InChI is InChI=1S/C18H15BrN6/c1-11-10-24(17-7-5-14(20-3)9-21-17)16-8-13(19)4-6-15(16)25-12(2)22-23-18(11)25/h4-9,11H,10H2,1-2H3. The quantitative estimate of drug-likeness (QED) is 0.568. The number of hydrogen-bond donors (Lipinski definition) is 0. The lowest BCUT2D eigenvalue weighted by atomic mass is 10.1. The van der Waals surface area contributed by atoms with Crippen molar-refractivity contribution >= 4 is 33.1 Å². The van der Waals surface area contributed by atoms with Crippen LogP contribution in [0.2, 0.25) is 0 Å². The summed E-state index contributed by atoms with van der Waals surface area (Å²) < 4.78 is 3.11. The van der Waals surface area contributed by atoms with Gasteiger partial charge in [0, 0.05) is 23.1 Å². The van der Waals surface area contributed by atoms with Crippen LogP contribution in [0.15, 0.2) is 41.0 Å². The number of anilines is 2. The lowest BCUT2D eigenvalue weighted by Gasteiger charge is -2.25. The Balaban J connectivity index is 1.93. The Bertz CT molecular complexity index is 986. The minimum Gasteiger partial charge on any atom is -0.324 e. The van der Waals surface area contributed by atoms with E-state index in [1.165, 1.54) is 0 Å². The van der Waals surface area contributed by atoms with Crippen molar-refractivity contribution in [3.05, 3.63) is 64.1 Å². The third-order valence-electron chi connectivity index (χ3n) is 4.35. The summed E-state index contributed by atoms with van der Waals surface area (Å²) in [6.07, 6.45) is 1.61. The molecule has 1 unspecified atom stereocenters. The van der Waals surface area contributed by atoms with E-state index in [1.807, 2.05) is 19.1 Å². The van der Waals surface area contributed by atoms with Gasteiger partial charge in [-0.2, -0.15) is 0 Å². The summed E-state index contributed by atoms with van der Waals surface area (Å²) in [5.41, 5.74) is 2.60. The molecule has 0 aliphatic carbocycles. The molecule has 0 saturated heterocycles. The van der Waals surface area contributed by atoms with Crippen LogP contribution in [0.1, 0.15) is 24.5 Å². The highest BCUT2D eigenvalue weighted by atomic mass is 79.9. The molecule has 6 nitrogen and oxygen atoms in total. The van der Waals surface area contributed by atoms with E-state index in [0.29, 0.717) is 5.69 Å². The van der Waals surface area contributed by atoms with E-state index < -0.39 is 0 Å². The summed E-state index contributed by atoms with van der Waals surface area (Å²) in [6.45, 7) is 11.9. The minimum absolute atomic E-state index is 0.176. The molecule has 0 spiro atoms. The number of benzene rings is 1. The number of fused-ring (bicyclic) bond motifs is 3. The van der Waals surface area contributed by atoms with Crippen molar-refractivity contribution in [1.29, 1.82) is 0 Å². The van der Waals surface area contributed by atoms with Gasteiger partial charge in [-0.1, -0.05) is 28.9 Å². The molecule has 3 heterocycles. The van der Waals surface area contributed by atoms with Crippen LogP contribution in [-0.2, 0) is 0 Å². The van der Waals surface area contributed by atoms with Gasteiger partial charge in [0.15, 0.2) is 0 Å². The molecule has 124 valence electrons. The Kier molecular flexibility index (Phi) is 3.77. The summed E-state index contributed by atoms with van der Waals surface area (Å²) in [5, 5.41) is 8.65. The van der Waals surface area contributed by atoms with Gasteiger partial charge < -0.3 is 4.90 Å². The average Bonchev–Trinajstić information content (AvgIpc) is 2.95. The number of aryl methyl sites for hydroxylation is 1. The van der Waals surface area contributed by atoms with Crippen LogP contribution in [0.3, 0.4) is 0 Å². The molecule has 4 rings (SSSR count). The highest BCUT2D eigenvalue weighted by Crippen LogP contribution is 2.39. The molecule has 1 atom stereocenters. The van der Waals surface area contributed by atoms with Crippen LogP contribution >= 0.6 is 15.9 Å². The minimum atomic E-state index is 0.176. The molecule has 1 aliphatic rings. The summed E-state index contributed by atoms with van der Waals surface area (Å²) in [7, 11) is 0. The first-order chi connectivity index (χ1) is 12.1. The fourth-order valence-corrected chi connectivity index (χ4v) is 3.52. The number of rotatable bonds is 1. The van der Waals surface area contributed by atoms with E-state index in [4.69, 9.17) is 6.57 Å². The van der Waals surface area contributed by atoms with E-state index in [9.17, 15) is 0 Å². The largest absolute Gasteiger partial charge is 0.324 e. The maximum absolute atomic E-state index is 7.11. The first-order valence-corrected chi connectivity index (χ1v) is 8.70. The molecule has 1 aliphatic heterocycles. The van der Waals surface area contributed by atoms with Gasteiger partial charge in [0.1, 0.15) is 17.5 Å². The fourth-order valence-electron chi connectivity index (χ4n) is 3.17. The van der Waals surface area contributed by atoms with Crippen molar-refractivity contribution in [2.45, 2.75) is 19.8 Å². The van der Waals surface area contributed by atoms with Gasteiger partial charge in [-0.05, 0) is 31.2 Å². The zero-order valence-electron chi connectivity index (χ0n) is 13.8. The Morgan fingerprint density at radius 3 is 2.76 bits per heavy atom. The third kappa shape index (κ3) is 2.59. The molecule has 25 heavy (non-hydrogen) atoms. The average molecular weight is 395 g/mol. The second-order valence-corrected chi connectivity index (χ2v) is 6.99. The Hall–Kier alpha value is -2.72. The molecule has 0 bridgehead atoms. The number of pyridine rings is 1. The Morgan fingerprint density at radius 2 is 2.04 bits per heavy atom. The summed E-state index contributed by atoms with van der Waals surface area (Å²) in [6, 6.07) is 9.86. The highest BCUT2D eigenvalue weighted by molar-refractivity contribution is 9.10. The molecule has 3 aromatic rings. The monoisotopic (exact) mass is 394 g/mol. The second-order valence-electron chi connectivity index (χ2n) is 6.07. The topological polar surface area (TPSA) is 51.2 Å². The predicted molar refractivity (Wildman–Crippen MR) is 99.7 cm³/mol. The van der Waals surface area contributed by atoms with Crippen LogP contribution in [0.4, 0.5) is 17.2 Å². The molecule has 1 aromatic carbocycles. The van der Waals surface area contributed by atoms with E-state index in [0.717, 1.165) is 39.9 Å². The van der Waals surface area contributed by atoms with Crippen LogP contribution in [0.5, 0.6) is 0 Å². The van der Waals surface area contributed by atoms with Crippen LogP contribution in [0, 0.1) is 13.5 Å². The second kappa shape index (κ2) is 5.97. The smallest absolute Gasteiger partial charge is 0.205 e. The molecule has 0 saturated carbocycles. The van der Waals surface area contributed by atoms with E-state index in [2.05, 4.69) is 64.5 Å². The van der Waals surface area contributed by atoms with Crippen molar-refractivity contribution in [3.63, 3.8) is 0 Å². The number of halogens is 1. The summed E-state index contributed by atoms with van der Waals surface area (Å²) in [5.74, 6) is 2.80. The van der Waals surface area contributed by atoms with Crippen molar-refractivity contribution in [1.82, 2.24) is 19.7 Å². The number of hydrogen-bond acceptors (Lipinski definition) is 4. The number of aromatic nitrogens is 4. The zero-order chi connectivity index (χ0) is 17.6. The van der Waals surface area contributed by atoms with E-state index >= 15 is 0 Å².